The molecule has 0 aromatic rings. The maximum Gasteiger partial charge on any atom is 0.306 e. The van der Waals surface area contributed by atoms with E-state index < -0.39 is 6.10 Å². The molecular weight excluding hydrogens is 1080 g/mol. The number of aliphatic hydroxyl groups excluding tert-OH is 1. The summed E-state index contributed by atoms with van der Waals surface area (Å²) >= 11 is 0. The normalized spacial score (nSPS) is 13.0. The van der Waals surface area contributed by atoms with Crippen LogP contribution in [0.25, 0.3) is 0 Å². The molecule has 0 rings (SSSR count). The van der Waals surface area contributed by atoms with E-state index in [1.54, 1.807) is 0 Å². The predicted octanol–water partition coefficient (Wildman–Crippen LogP) is 26.7. The summed E-state index contributed by atoms with van der Waals surface area (Å²) in [5, 5.41) is 9.72. The average molecular weight is 1220 g/mol. The molecule has 1 N–H and O–H groups in total. The van der Waals surface area contributed by atoms with E-state index in [9.17, 15) is 14.7 Å². The summed E-state index contributed by atoms with van der Waals surface area (Å²) in [7, 11) is 0. The van der Waals surface area contributed by atoms with Crippen LogP contribution in [0.2, 0.25) is 0 Å². The summed E-state index contributed by atoms with van der Waals surface area (Å²) in [6.45, 7) is 4.04. The molecule has 5 heteroatoms. The van der Waals surface area contributed by atoms with Gasteiger partial charge in [-0.1, -0.05) is 366 Å². The Hall–Kier alpha value is -3.96. The van der Waals surface area contributed by atoms with E-state index >= 15 is 0 Å². The third-order valence-corrected chi connectivity index (χ3v) is 16.4. The highest BCUT2D eigenvalue weighted by Crippen LogP contribution is 2.18. The van der Waals surface area contributed by atoms with Gasteiger partial charge in [0.15, 0.2) is 6.10 Å². The van der Waals surface area contributed by atoms with Crippen molar-refractivity contribution >= 4 is 11.9 Å². The van der Waals surface area contributed by atoms with Crippen molar-refractivity contribution in [3.63, 3.8) is 0 Å². The number of allylic oxidation sites excluding steroid dienone is 22. The van der Waals surface area contributed by atoms with Crippen molar-refractivity contribution in [2.45, 2.75) is 367 Å². The molecule has 0 aromatic heterocycles. The van der Waals surface area contributed by atoms with Gasteiger partial charge in [0.2, 0.25) is 0 Å². The van der Waals surface area contributed by atoms with Crippen LogP contribution in [0.15, 0.2) is 134 Å². The second-order valence-electron chi connectivity index (χ2n) is 25.0. The first-order chi connectivity index (χ1) is 43.6. The van der Waals surface area contributed by atoms with Crippen LogP contribution < -0.4 is 0 Å². The molecule has 1 unspecified atom stereocenters. The number of rotatable bonds is 69. The standard InChI is InChI=1S/C83H142O5/c1-3-5-7-9-11-13-15-17-19-21-23-25-27-29-31-33-35-37-38-39-40-41-42-43-44-46-47-49-51-53-55-57-59-61-63-65-67-69-71-73-75-77-82(85)87-80-81(79-84)88-83(86)78-76-74-72-70-68-66-64-62-60-58-56-54-52-50-48-45-36-34-32-30-28-26-24-22-20-18-16-14-12-10-8-6-4-2/h6,8,12,14-15,17-18,20-21,23-24,26-27,29-30,32,36,45,50,52,56,58,81,84H,3-5,7,9-11,13,16,19,22,25,28,31,33-35,37-44,46-49,51,53-55,57,59-80H2,1-2H3/b8-6-,14-12-,17-15-,20-18-,23-21-,26-24-,29-27-,32-30-,45-36-,52-50-,58-56-. The lowest BCUT2D eigenvalue weighted by atomic mass is 10.0. The summed E-state index contributed by atoms with van der Waals surface area (Å²) < 4.78 is 10.8. The smallest absolute Gasteiger partial charge is 0.306 e. The molecule has 0 radical (unpaired) electrons. The van der Waals surface area contributed by atoms with Crippen LogP contribution in [-0.2, 0) is 19.1 Å². The Morgan fingerprint density at radius 3 is 0.739 bits per heavy atom. The molecule has 0 aliphatic carbocycles. The van der Waals surface area contributed by atoms with Gasteiger partial charge in [-0.15, -0.1) is 0 Å². The summed E-state index contributed by atoms with van der Waals surface area (Å²) in [5.74, 6) is -0.593. The van der Waals surface area contributed by atoms with Crippen molar-refractivity contribution in [1.82, 2.24) is 0 Å². The lowest BCUT2D eigenvalue weighted by Gasteiger charge is -2.15. The molecule has 0 aliphatic heterocycles. The van der Waals surface area contributed by atoms with Gasteiger partial charge in [0, 0.05) is 12.8 Å². The molecule has 0 aromatic carbocycles. The summed E-state index contributed by atoms with van der Waals surface area (Å²) in [6.07, 6.45) is 115. The highest BCUT2D eigenvalue weighted by Gasteiger charge is 2.16. The molecule has 504 valence electrons. The quantitative estimate of drug-likeness (QED) is 0.0373. The van der Waals surface area contributed by atoms with Gasteiger partial charge < -0.3 is 14.6 Å². The van der Waals surface area contributed by atoms with E-state index in [0.29, 0.717) is 12.8 Å². The van der Waals surface area contributed by atoms with E-state index in [1.165, 1.54) is 225 Å². The van der Waals surface area contributed by atoms with Crippen LogP contribution in [0.5, 0.6) is 0 Å². The van der Waals surface area contributed by atoms with Crippen molar-refractivity contribution in [3.05, 3.63) is 134 Å². The Labute approximate surface area is 546 Å². The van der Waals surface area contributed by atoms with Gasteiger partial charge in [0.1, 0.15) is 6.61 Å². The summed E-state index contributed by atoms with van der Waals surface area (Å²) in [6, 6.07) is 0. The second kappa shape index (κ2) is 77.3. The first kappa shape index (κ1) is 84.0. The van der Waals surface area contributed by atoms with Gasteiger partial charge in [0.05, 0.1) is 6.61 Å². The van der Waals surface area contributed by atoms with Crippen molar-refractivity contribution < 1.29 is 24.2 Å². The van der Waals surface area contributed by atoms with Crippen molar-refractivity contribution in [3.8, 4) is 0 Å². The maximum absolute atomic E-state index is 12.4. The third kappa shape index (κ3) is 74.5. The van der Waals surface area contributed by atoms with Crippen molar-refractivity contribution in [2.24, 2.45) is 0 Å². The fourth-order valence-electron chi connectivity index (χ4n) is 10.8. The minimum absolute atomic E-state index is 0.0725. The number of hydrogen-bond donors (Lipinski definition) is 1. The zero-order valence-corrected chi connectivity index (χ0v) is 58.0. The van der Waals surface area contributed by atoms with Crippen LogP contribution in [-0.4, -0.2) is 36.4 Å². The van der Waals surface area contributed by atoms with E-state index in [2.05, 4.69) is 148 Å². The Bertz CT molecular complexity index is 1770. The molecule has 0 amide bonds. The zero-order valence-electron chi connectivity index (χ0n) is 58.0. The number of aliphatic hydroxyl groups is 1. The molecule has 0 aliphatic rings. The summed E-state index contributed by atoms with van der Waals surface area (Å²) in [4.78, 5) is 24.7. The monoisotopic (exact) mass is 1220 g/mol. The molecule has 0 saturated heterocycles. The largest absolute Gasteiger partial charge is 0.462 e. The minimum Gasteiger partial charge on any atom is -0.462 e. The number of ether oxygens (including phenoxy) is 2. The fraction of sp³-hybridized carbons (Fsp3) is 0.711. The molecule has 0 spiro atoms. The molecule has 0 saturated carbocycles. The lowest BCUT2D eigenvalue weighted by molar-refractivity contribution is -0.161. The van der Waals surface area contributed by atoms with Crippen LogP contribution in [0, 0.1) is 0 Å². The first-order valence-electron chi connectivity index (χ1n) is 37.7. The van der Waals surface area contributed by atoms with Crippen LogP contribution in [0.1, 0.15) is 361 Å². The molecule has 88 heavy (non-hydrogen) atoms. The molecule has 1 atom stereocenters. The Balaban J connectivity index is 3.47. The highest BCUT2D eigenvalue weighted by molar-refractivity contribution is 5.70. The Kier molecular flexibility index (Phi) is 73.8. The van der Waals surface area contributed by atoms with Crippen molar-refractivity contribution in [1.29, 1.82) is 0 Å². The van der Waals surface area contributed by atoms with E-state index in [-0.39, 0.29) is 25.2 Å². The molecule has 5 nitrogen and oxygen atoms in total. The fourth-order valence-corrected chi connectivity index (χ4v) is 10.8. The average Bonchev–Trinajstić information content (AvgIpc) is 3.56. The number of hydrogen-bond acceptors (Lipinski definition) is 5. The minimum atomic E-state index is -0.785. The van der Waals surface area contributed by atoms with Gasteiger partial charge >= 0.3 is 11.9 Å². The molecule has 0 fully saturated rings. The van der Waals surface area contributed by atoms with Crippen LogP contribution >= 0.6 is 0 Å². The van der Waals surface area contributed by atoms with E-state index in [1.807, 2.05) is 0 Å². The number of esters is 2. The van der Waals surface area contributed by atoms with Crippen LogP contribution in [0.4, 0.5) is 0 Å². The number of unbranched alkanes of at least 4 members (excludes halogenated alkanes) is 39. The number of carbonyl (C=O) groups is 2. The molecular formula is C83H142O5. The van der Waals surface area contributed by atoms with Crippen molar-refractivity contribution in [2.75, 3.05) is 13.2 Å². The van der Waals surface area contributed by atoms with Gasteiger partial charge in [0.25, 0.3) is 0 Å². The molecule has 0 bridgehead atoms. The third-order valence-electron chi connectivity index (χ3n) is 16.4. The Morgan fingerprint density at radius 2 is 0.489 bits per heavy atom. The molecule has 0 heterocycles. The van der Waals surface area contributed by atoms with E-state index in [0.717, 1.165) is 109 Å². The predicted molar refractivity (Wildman–Crippen MR) is 389 cm³/mol. The first-order valence-corrected chi connectivity index (χ1v) is 37.7. The number of carbonyl (C=O) groups excluding carboxylic acids is 2. The zero-order chi connectivity index (χ0) is 63.3. The SMILES string of the molecule is CC/C=C\C/C=C\C/C=C\C/C=C\C/C=C\C/C=C\C/C=C\C/C=C\CCCCCCCCCCC(=O)OC(CO)COC(=O)CCCCCCCCCCCCCCCCCCCCCCCCCCCC/C=C\C/C=C\C/C=C\CCCCCCC. The van der Waals surface area contributed by atoms with Gasteiger partial charge in [-0.3, -0.25) is 9.59 Å². The van der Waals surface area contributed by atoms with Crippen LogP contribution in [0.3, 0.4) is 0 Å². The highest BCUT2D eigenvalue weighted by atomic mass is 16.6. The maximum atomic E-state index is 12.4. The second-order valence-corrected chi connectivity index (χ2v) is 25.0. The van der Waals surface area contributed by atoms with Gasteiger partial charge in [-0.05, 0) is 116 Å². The Morgan fingerprint density at radius 1 is 0.273 bits per heavy atom. The lowest BCUT2D eigenvalue weighted by Crippen LogP contribution is -2.28. The van der Waals surface area contributed by atoms with E-state index in [4.69, 9.17) is 9.47 Å². The van der Waals surface area contributed by atoms with Gasteiger partial charge in [-0.25, -0.2) is 0 Å². The topological polar surface area (TPSA) is 72.8 Å². The van der Waals surface area contributed by atoms with Gasteiger partial charge in [-0.2, -0.15) is 0 Å². The summed E-state index contributed by atoms with van der Waals surface area (Å²) in [5.41, 5.74) is 0.